The highest BCUT2D eigenvalue weighted by Crippen LogP contribution is 2.42. The summed E-state index contributed by atoms with van der Waals surface area (Å²) in [6, 6.07) is 12.9. The van der Waals surface area contributed by atoms with E-state index in [0.717, 1.165) is 40.9 Å². The first kappa shape index (κ1) is 22.3. The maximum Gasteiger partial charge on any atom is 0.328 e. The first-order valence-electron chi connectivity index (χ1n) is 10.6. The van der Waals surface area contributed by atoms with Crippen molar-refractivity contribution in [3.8, 4) is 0 Å². The van der Waals surface area contributed by atoms with Crippen LogP contribution in [0.1, 0.15) is 49.8 Å². The van der Waals surface area contributed by atoms with Crippen molar-refractivity contribution in [3.63, 3.8) is 0 Å². The molecule has 7 nitrogen and oxygen atoms in total. The summed E-state index contributed by atoms with van der Waals surface area (Å²) < 4.78 is 4.66. The maximum atomic E-state index is 13.4. The summed E-state index contributed by atoms with van der Waals surface area (Å²) >= 11 is 0. The lowest BCUT2D eigenvalue weighted by molar-refractivity contribution is -0.144. The van der Waals surface area contributed by atoms with E-state index in [2.05, 4.69) is 22.4 Å². The third-order valence-corrected chi connectivity index (χ3v) is 5.60. The zero-order valence-electron chi connectivity index (χ0n) is 18.4. The van der Waals surface area contributed by atoms with Crippen LogP contribution in [-0.2, 0) is 32.0 Å². The topological polar surface area (TPSA) is 87.7 Å². The largest absolute Gasteiger partial charge is 0.467 e. The first-order valence-corrected chi connectivity index (χ1v) is 10.6. The van der Waals surface area contributed by atoms with Gasteiger partial charge in [-0.3, -0.25) is 15.0 Å². The molecule has 0 aliphatic carbocycles. The molecule has 0 saturated heterocycles. The minimum Gasteiger partial charge on any atom is -0.467 e. The van der Waals surface area contributed by atoms with Crippen molar-refractivity contribution >= 4 is 29.2 Å². The van der Waals surface area contributed by atoms with Gasteiger partial charge in [0, 0.05) is 6.42 Å². The van der Waals surface area contributed by atoms with Crippen LogP contribution in [0.25, 0.3) is 0 Å². The van der Waals surface area contributed by atoms with Gasteiger partial charge in [0.25, 0.3) is 5.91 Å². The molecule has 0 radical (unpaired) electrons. The second-order valence-corrected chi connectivity index (χ2v) is 7.57. The van der Waals surface area contributed by atoms with Crippen LogP contribution in [0.5, 0.6) is 0 Å². The molecular formula is C24H29N3O4. The molecule has 164 valence electrons. The van der Waals surface area contributed by atoms with E-state index in [1.807, 2.05) is 49.4 Å². The van der Waals surface area contributed by atoms with Crippen molar-refractivity contribution in [2.24, 2.45) is 0 Å². The van der Waals surface area contributed by atoms with Crippen LogP contribution in [0.3, 0.4) is 0 Å². The van der Waals surface area contributed by atoms with E-state index in [9.17, 15) is 14.4 Å². The smallest absolute Gasteiger partial charge is 0.328 e. The van der Waals surface area contributed by atoms with Crippen LogP contribution in [-0.4, -0.2) is 30.9 Å². The monoisotopic (exact) mass is 423 g/mol. The number of hydrogen-bond acceptors (Lipinski definition) is 5. The van der Waals surface area contributed by atoms with E-state index in [1.165, 1.54) is 7.11 Å². The molecule has 31 heavy (non-hydrogen) atoms. The molecule has 0 bridgehead atoms. The van der Waals surface area contributed by atoms with E-state index in [-0.39, 0.29) is 18.2 Å². The molecule has 1 aliphatic heterocycles. The lowest BCUT2D eigenvalue weighted by Gasteiger charge is -2.23. The van der Waals surface area contributed by atoms with Gasteiger partial charge in [-0.2, -0.15) is 0 Å². The number of nitrogens with zero attached hydrogens (tertiary/aromatic N) is 1. The highest BCUT2D eigenvalue weighted by molar-refractivity contribution is 6.09. The number of ether oxygens (including phenoxy) is 1. The van der Waals surface area contributed by atoms with Crippen molar-refractivity contribution in [2.75, 3.05) is 17.5 Å². The number of hydrogen-bond donors (Lipinski definition) is 2. The molecular weight excluding hydrogens is 394 g/mol. The molecule has 2 amide bonds. The molecule has 2 aromatic rings. The number of rotatable bonds is 8. The number of nitrogens with one attached hydrogen (secondary N) is 2. The molecule has 2 aromatic carbocycles. The van der Waals surface area contributed by atoms with Crippen molar-refractivity contribution in [1.29, 1.82) is 0 Å². The molecule has 3 rings (SSSR count). The Morgan fingerprint density at radius 1 is 1.06 bits per heavy atom. The van der Waals surface area contributed by atoms with Gasteiger partial charge in [-0.25, -0.2) is 9.80 Å². The SMILES string of the molecule is CCc1ccccc1NN1C(=O)C(CC(=O)N[C@@H](C)C(=O)OC)c2cccc(CC)c21. The van der Waals surface area contributed by atoms with Crippen LogP contribution in [0, 0.1) is 0 Å². The number of esters is 1. The molecule has 2 N–H and O–H groups in total. The van der Waals surface area contributed by atoms with E-state index in [0.29, 0.717) is 0 Å². The Morgan fingerprint density at radius 2 is 1.74 bits per heavy atom. The summed E-state index contributed by atoms with van der Waals surface area (Å²) in [5, 5.41) is 4.19. The highest BCUT2D eigenvalue weighted by Gasteiger charge is 2.40. The third kappa shape index (κ3) is 4.55. The van der Waals surface area contributed by atoms with Crippen LogP contribution < -0.4 is 15.8 Å². The van der Waals surface area contributed by atoms with E-state index < -0.39 is 17.9 Å². The normalized spacial score (nSPS) is 15.9. The zero-order chi connectivity index (χ0) is 22.5. The fraction of sp³-hybridized carbons (Fsp3) is 0.375. The number of para-hydroxylation sites is 2. The predicted molar refractivity (Wildman–Crippen MR) is 120 cm³/mol. The number of carbonyl (C=O) groups is 3. The number of benzene rings is 2. The van der Waals surface area contributed by atoms with E-state index in [4.69, 9.17) is 0 Å². The quantitative estimate of drug-likeness (QED) is 0.636. The Bertz CT molecular complexity index is 989. The minimum absolute atomic E-state index is 0.0477. The van der Waals surface area contributed by atoms with Gasteiger partial charge in [-0.15, -0.1) is 0 Å². The number of fused-ring (bicyclic) bond motifs is 1. The molecule has 2 atom stereocenters. The predicted octanol–water partition coefficient (Wildman–Crippen LogP) is 3.34. The lowest BCUT2D eigenvalue weighted by atomic mass is 9.94. The van der Waals surface area contributed by atoms with Crippen LogP contribution in [0.2, 0.25) is 0 Å². The summed E-state index contributed by atoms with van der Waals surface area (Å²) in [6.45, 7) is 5.66. The van der Waals surface area contributed by atoms with Crippen molar-refractivity contribution in [2.45, 2.75) is 52.0 Å². The first-order chi connectivity index (χ1) is 14.9. The van der Waals surface area contributed by atoms with Crippen molar-refractivity contribution < 1.29 is 19.1 Å². The molecule has 7 heteroatoms. The second kappa shape index (κ2) is 9.64. The molecule has 0 fully saturated rings. The molecule has 1 heterocycles. The Labute approximate surface area is 182 Å². The summed E-state index contributed by atoms with van der Waals surface area (Å²) in [4.78, 5) is 37.7. The molecule has 1 unspecified atom stereocenters. The molecule has 0 aromatic heterocycles. The van der Waals surface area contributed by atoms with Crippen molar-refractivity contribution in [3.05, 3.63) is 59.2 Å². The average molecular weight is 424 g/mol. The van der Waals surface area contributed by atoms with Crippen LogP contribution in [0.4, 0.5) is 11.4 Å². The lowest BCUT2D eigenvalue weighted by Crippen LogP contribution is -2.41. The summed E-state index contributed by atoms with van der Waals surface area (Å²) in [5.74, 6) is -1.73. The van der Waals surface area contributed by atoms with Gasteiger partial charge in [0.05, 0.1) is 24.4 Å². The van der Waals surface area contributed by atoms with Crippen LogP contribution in [0.15, 0.2) is 42.5 Å². The van der Waals surface area contributed by atoms with Gasteiger partial charge in [0.1, 0.15) is 6.04 Å². The number of carbonyl (C=O) groups excluding carboxylic acids is 3. The molecule has 1 aliphatic rings. The minimum atomic E-state index is -0.777. The van der Waals surface area contributed by atoms with Crippen molar-refractivity contribution in [1.82, 2.24) is 5.32 Å². The van der Waals surface area contributed by atoms with Gasteiger partial charge >= 0.3 is 5.97 Å². The Balaban J connectivity index is 1.91. The summed E-state index contributed by atoms with van der Waals surface area (Å²) in [5.41, 5.74) is 7.89. The van der Waals surface area contributed by atoms with E-state index in [1.54, 1.807) is 11.9 Å². The molecule has 0 spiro atoms. The summed E-state index contributed by atoms with van der Waals surface area (Å²) in [7, 11) is 1.27. The zero-order valence-corrected chi connectivity index (χ0v) is 18.4. The highest BCUT2D eigenvalue weighted by atomic mass is 16.5. The van der Waals surface area contributed by atoms with Gasteiger partial charge in [-0.1, -0.05) is 50.2 Å². The number of hydrazine groups is 1. The second-order valence-electron chi connectivity index (χ2n) is 7.57. The van der Waals surface area contributed by atoms with Gasteiger partial charge in [-0.05, 0) is 42.5 Å². The average Bonchev–Trinajstić information content (AvgIpc) is 3.04. The third-order valence-electron chi connectivity index (χ3n) is 5.60. The Hall–Kier alpha value is -3.35. The van der Waals surface area contributed by atoms with Gasteiger partial charge in [0.15, 0.2) is 0 Å². The number of aryl methyl sites for hydroxylation is 2. The van der Waals surface area contributed by atoms with E-state index >= 15 is 0 Å². The number of amides is 2. The van der Waals surface area contributed by atoms with Gasteiger partial charge in [0.2, 0.25) is 5.91 Å². The van der Waals surface area contributed by atoms with Crippen LogP contribution >= 0.6 is 0 Å². The van der Waals surface area contributed by atoms with Gasteiger partial charge < -0.3 is 10.1 Å². The Kier molecular flexibility index (Phi) is 6.95. The summed E-state index contributed by atoms with van der Waals surface area (Å²) in [6.07, 6.45) is 1.53. The number of methoxy groups -OCH3 is 1. The number of anilines is 2. The molecule has 0 saturated carbocycles. The fourth-order valence-corrected chi connectivity index (χ4v) is 3.94. The maximum absolute atomic E-state index is 13.4. The fourth-order valence-electron chi connectivity index (χ4n) is 3.94. The Morgan fingerprint density at radius 3 is 2.42 bits per heavy atom. The standard InChI is InChI=1S/C24H29N3O4/c1-5-16-10-7-8-13-20(16)26-27-22-17(6-2)11-9-12-18(22)19(23(27)29)14-21(28)25-15(3)24(30)31-4/h7-13,15,19,26H,5-6,14H2,1-4H3,(H,25,28)/t15-,19?/m0/s1.